The minimum absolute atomic E-state index is 0.136. The Morgan fingerprint density at radius 3 is 2.61 bits per heavy atom. The summed E-state index contributed by atoms with van der Waals surface area (Å²) in [5.41, 5.74) is 0.221. The second-order valence-electron chi connectivity index (χ2n) is 7.36. The third kappa shape index (κ3) is 5.29. The molecule has 0 spiro atoms. The standard InChI is InChI=1S/C21H23N3O3S/c1-21(2,3)27-20(26)23-12-16(14-7-5-4-6-8-14)19(25)24-18-11-15-9-10-22-13-17(15)28-18/h4-11,13,16H,12H2,1-3H3,(H,23,26)(H,24,25). The molecule has 0 bridgehead atoms. The van der Waals surface area contributed by atoms with Crippen LogP contribution >= 0.6 is 11.3 Å². The number of carbonyl (C=O) groups excluding carboxylic acids is 2. The number of amides is 2. The summed E-state index contributed by atoms with van der Waals surface area (Å²) < 4.78 is 6.28. The molecule has 2 amide bonds. The molecule has 3 rings (SSSR count). The SMILES string of the molecule is CC(C)(C)OC(=O)NCC(C(=O)Nc1cc2ccncc2s1)c1ccccc1. The van der Waals surface area contributed by atoms with Crippen molar-refractivity contribution < 1.29 is 14.3 Å². The van der Waals surface area contributed by atoms with E-state index < -0.39 is 17.6 Å². The molecule has 1 unspecified atom stereocenters. The van der Waals surface area contributed by atoms with Crippen LogP contribution in [0, 0.1) is 0 Å². The molecular weight excluding hydrogens is 374 g/mol. The number of benzene rings is 1. The van der Waals surface area contributed by atoms with Crippen molar-refractivity contribution in [2.45, 2.75) is 32.3 Å². The second kappa shape index (κ2) is 8.39. The van der Waals surface area contributed by atoms with Gasteiger partial charge in [0.25, 0.3) is 0 Å². The van der Waals surface area contributed by atoms with Gasteiger partial charge < -0.3 is 15.4 Å². The summed E-state index contributed by atoms with van der Waals surface area (Å²) in [6, 6.07) is 13.2. The van der Waals surface area contributed by atoms with Crippen LogP contribution < -0.4 is 10.6 Å². The van der Waals surface area contributed by atoms with Crippen LogP contribution in [0.1, 0.15) is 32.3 Å². The minimum atomic E-state index is -0.598. The van der Waals surface area contributed by atoms with Crippen LogP contribution in [0.3, 0.4) is 0 Å². The van der Waals surface area contributed by atoms with Gasteiger partial charge in [-0.05, 0) is 43.9 Å². The van der Waals surface area contributed by atoms with E-state index in [-0.39, 0.29) is 12.5 Å². The predicted molar refractivity (Wildman–Crippen MR) is 112 cm³/mol. The molecule has 146 valence electrons. The van der Waals surface area contributed by atoms with Gasteiger partial charge in [0.15, 0.2) is 0 Å². The molecule has 0 fully saturated rings. The zero-order chi connectivity index (χ0) is 20.1. The minimum Gasteiger partial charge on any atom is -0.444 e. The van der Waals surface area contributed by atoms with Crippen molar-refractivity contribution in [2.75, 3.05) is 11.9 Å². The van der Waals surface area contributed by atoms with Crippen LogP contribution in [0.25, 0.3) is 10.1 Å². The number of carbonyl (C=O) groups is 2. The van der Waals surface area contributed by atoms with E-state index in [0.717, 1.165) is 20.7 Å². The molecule has 1 aromatic carbocycles. The van der Waals surface area contributed by atoms with E-state index in [0.29, 0.717) is 0 Å². The van der Waals surface area contributed by atoms with Gasteiger partial charge >= 0.3 is 6.09 Å². The molecule has 2 N–H and O–H groups in total. The number of ether oxygens (including phenoxy) is 1. The highest BCUT2D eigenvalue weighted by Crippen LogP contribution is 2.29. The van der Waals surface area contributed by atoms with Gasteiger partial charge in [-0.2, -0.15) is 0 Å². The van der Waals surface area contributed by atoms with E-state index in [1.165, 1.54) is 11.3 Å². The van der Waals surface area contributed by atoms with E-state index in [1.54, 1.807) is 33.2 Å². The molecule has 0 aliphatic rings. The fourth-order valence-electron chi connectivity index (χ4n) is 2.70. The number of pyridine rings is 1. The average Bonchev–Trinajstić information content (AvgIpc) is 3.03. The Bertz CT molecular complexity index is 931. The first kappa shape index (κ1) is 19.8. The van der Waals surface area contributed by atoms with Crippen molar-refractivity contribution in [1.82, 2.24) is 10.3 Å². The Hall–Kier alpha value is -2.93. The Kier molecular flexibility index (Phi) is 5.94. The van der Waals surface area contributed by atoms with Gasteiger partial charge in [-0.3, -0.25) is 9.78 Å². The number of fused-ring (bicyclic) bond motifs is 1. The molecule has 0 aliphatic carbocycles. The Morgan fingerprint density at radius 2 is 1.93 bits per heavy atom. The highest BCUT2D eigenvalue weighted by Gasteiger charge is 2.24. The van der Waals surface area contributed by atoms with E-state index in [1.807, 2.05) is 42.5 Å². The first-order valence-corrected chi connectivity index (χ1v) is 9.80. The summed E-state index contributed by atoms with van der Waals surface area (Å²) in [7, 11) is 0. The van der Waals surface area contributed by atoms with Gasteiger partial charge in [-0.15, -0.1) is 11.3 Å². The molecule has 6 nitrogen and oxygen atoms in total. The highest BCUT2D eigenvalue weighted by atomic mass is 32.1. The van der Waals surface area contributed by atoms with Gasteiger partial charge in [-0.25, -0.2) is 4.79 Å². The number of rotatable bonds is 5. The number of thiophene rings is 1. The first-order chi connectivity index (χ1) is 13.3. The number of hydrogen-bond donors (Lipinski definition) is 2. The van der Waals surface area contributed by atoms with Crippen molar-refractivity contribution in [2.24, 2.45) is 0 Å². The predicted octanol–water partition coefficient (Wildman–Crippen LogP) is 4.54. The zero-order valence-electron chi connectivity index (χ0n) is 16.1. The van der Waals surface area contributed by atoms with Crippen LogP contribution in [0.2, 0.25) is 0 Å². The van der Waals surface area contributed by atoms with Crippen molar-refractivity contribution in [1.29, 1.82) is 0 Å². The van der Waals surface area contributed by atoms with Gasteiger partial charge in [0.05, 0.1) is 15.6 Å². The number of anilines is 1. The van der Waals surface area contributed by atoms with Crippen molar-refractivity contribution in [3.05, 3.63) is 60.4 Å². The molecule has 28 heavy (non-hydrogen) atoms. The molecule has 1 atom stereocenters. The number of alkyl carbamates (subject to hydrolysis) is 1. The summed E-state index contributed by atoms with van der Waals surface area (Å²) in [4.78, 5) is 29.1. The van der Waals surface area contributed by atoms with E-state index in [9.17, 15) is 9.59 Å². The third-order valence-electron chi connectivity index (χ3n) is 3.94. The normalized spacial score (nSPS) is 12.4. The molecule has 0 saturated carbocycles. The summed E-state index contributed by atoms with van der Waals surface area (Å²) in [5, 5.41) is 7.43. The lowest BCUT2D eigenvalue weighted by Crippen LogP contribution is -2.37. The van der Waals surface area contributed by atoms with E-state index in [4.69, 9.17) is 4.74 Å². The molecule has 0 aliphatic heterocycles. The average molecular weight is 398 g/mol. The quantitative estimate of drug-likeness (QED) is 0.662. The smallest absolute Gasteiger partial charge is 0.407 e. The van der Waals surface area contributed by atoms with Crippen LogP contribution in [-0.2, 0) is 9.53 Å². The van der Waals surface area contributed by atoms with E-state index >= 15 is 0 Å². The molecule has 2 heterocycles. The maximum Gasteiger partial charge on any atom is 0.407 e. The topological polar surface area (TPSA) is 80.3 Å². The van der Waals surface area contributed by atoms with Crippen LogP contribution in [-0.4, -0.2) is 29.1 Å². The monoisotopic (exact) mass is 397 g/mol. The van der Waals surface area contributed by atoms with Gasteiger partial charge in [0.2, 0.25) is 5.91 Å². The van der Waals surface area contributed by atoms with Gasteiger partial charge in [0.1, 0.15) is 5.60 Å². The number of nitrogens with one attached hydrogen (secondary N) is 2. The van der Waals surface area contributed by atoms with Crippen molar-refractivity contribution in [3.63, 3.8) is 0 Å². The molecule has 2 aromatic heterocycles. The van der Waals surface area contributed by atoms with Gasteiger partial charge in [-0.1, -0.05) is 30.3 Å². The Labute approximate surface area is 167 Å². The molecule has 7 heteroatoms. The third-order valence-corrected chi connectivity index (χ3v) is 4.94. The van der Waals surface area contributed by atoms with Gasteiger partial charge in [0, 0.05) is 18.9 Å². The number of hydrogen-bond acceptors (Lipinski definition) is 5. The maximum atomic E-state index is 13.0. The second-order valence-corrected chi connectivity index (χ2v) is 8.44. The Morgan fingerprint density at radius 1 is 1.18 bits per heavy atom. The first-order valence-electron chi connectivity index (χ1n) is 8.98. The number of nitrogens with zero attached hydrogens (tertiary/aromatic N) is 1. The molecule has 3 aromatic rings. The largest absolute Gasteiger partial charge is 0.444 e. The maximum absolute atomic E-state index is 13.0. The fourth-order valence-corrected chi connectivity index (χ4v) is 3.63. The summed E-state index contributed by atoms with van der Waals surface area (Å²) >= 11 is 1.46. The van der Waals surface area contributed by atoms with Crippen molar-refractivity contribution >= 4 is 38.4 Å². The lowest BCUT2D eigenvalue weighted by Gasteiger charge is -2.22. The zero-order valence-corrected chi connectivity index (χ0v) is 16.9. The van der Waals surface area contributed by atoms with Crippen molar-refractivity contribution in [3.8, 4) is 0 Å². The Balaban J connectivity index is 1.74. The molecule has 0 saturated heterocycles. The lowest BCUT2D eigenvalue weighted by atomic mass is 9.98. The summed E-state index contributed by atoms with van der Waals surface area (Å²) in [6.07, 6.45) is 2.95. The van der Waals surface area contributed by atoms with Crippen LogP contribution in [0.4, 0.5) is 9.80 Å². The summed E-state index contributed by atoms with van der Waals surface area (Å²) in [6.45, 7) is 5.52. The van der Waals surface area contributed by atoms with E-state index in [2.05, 4.69) is 15.6 Å². The lowest BCUT2D eigenvalue weighted by molar-refractivity contribution is -0.117. The highest BCUT2D eigenvalue weighted by molar-refractivity contribution is 7.22. The number of aromatic nitrogens is 1. The van der Waals surface area contributed by atoms with Crippen LogP contribution in [0.5, 0.6) is 0 Å². The summed E-state index contributed by atoms with van der Waals surface area (Å²) in [5.74, 6) is -0.737. The fraction of sp³-hybridized carbons (Fsp3) is 0.286. The molecule has 0 radical (unpaired) electrons. The van der Waals surface area contributed by atoms with Crippen LogP contribution in [0.15, 0.2) is 54.9 Å². The molecular formula is C21H23N3O3S.